The zero-order valence-corrected chi connectivity index (χ0v) is 11.6. The molecule has 1 amide bonds. The fourth-order valence-corrected chi connectivity index (χ4v) is 2.84. The van der Waals surface area contributed by atoms with Gasteiger partial charge in [-0.05, 0) is 24.3 Å². The second-order valence-corrected chi connectivity index (χ2v) is 5.88. The second kappa shape index (κ2) is 4.70. The van der Waals surface area contributed by atoms with Crippen molar-refractivity contribution < 1.29 is 4.79 Å². The highest BCUT2D eigenvalue weighted by Crippen LogP contribution is 2.31. The van der Waals surface area contributed by atoms with Crippen molar-refractivity contribution in [2.45, 2.75) is 25.4 Å². The molecule has 2 N–H and O–H groups in total. The van der Waals surface area contributed by atoms with Crippen LogP contribution in [0, 0.1) is 0 Å². The average Bonchev–Trinajstić information content (AvgIpc) is 2.97. The van der Waals surface area contributed by atoms with Crippen LogP contribution in [-0.2, 0) is 13.6 Å². The van der Waals surface area contributed by atoms with Crippen LogP contribution in [0.25, 0.3) is 0 Å². The molecule has 1 saturated carbocycles. The van der Waals surface area contributed by atoms with Gasteiger partial charge in [0.05, 0.1) is 12.2 Å². The first-order valence-corrected chi connectivity index (χ1v) is 7.15. The maximum absolute atomic E-state index is 12.6. The third-order valence-corrected chi connectivity index (χ3v) is 4.08. The van der Waals surface area contributed by atoms with Crippen molar-refractivity contribution in [1.82, 2.24) is 14.7 Å². The van der Waals surface area contributed by atoms with Gasteiger partial charge in [0, 0.05) is 24.2 Å². The predicted molar refractivity (Wildman–Crippen MR) is 74.8 cm³/mol. The number of nitrogen functional groups attached to an aromatic ring is 1. The van der Waals surface area contributed by atoms with E-state index in [0.29, 0.717) is 24.0 Å². The number of amides is 1. The van der Waals surface area contributed by atoms with Crippen LogP contribution in [0.4, 0.5) is 5.69 Å². The molecule has 1 fully saturated rings. The van der Waals surface area contributed by atoms with Crippen LogP contribution in [-0.4, -0.2) is 26.6 Å². The lowest BCUT2D eigenvalue weighted by Gasteiger charge is -2.20. The van der Waals surface area contributed by atoms with Crippen molar-refractivity contribution in [3.63, 3.8) is 0 Å². The highest BCUT2D eigenvalue weighted by Gasteiger charge is 2.34. The summed E-state index contributed by atoms with van der Waals surface area (Å²) in [6.07, 6.45) is 3.82. The molecular formula is C13H16N4OS. The molecule has 0 aromatic carbocycles. The Hall–Kier alpha value is -1.82. The van der Waals surface area contributed by atoms with Crippen LogP contribution in [0.2, 0.25) is 0 Å². The van der Waals surface area contributed by atoms with Gasteiger partial charge in [0.25, 0.3) is 5.91 Å². The van der Waals surface area contributed by atoms with E-state index in [1.165, 1.54) is 4.88 Å². The topological polar surface area (TPSA) is 64.2 Å². The van der Waals surface area contributed by atoms with Crippen molar-refractivity contribution in [2.24, 2.45) is 7.05 Å². The molecule has 0 unspecified atom stereocenters. The molecule has 0 aliphatic heterocycles. The molecule has 0 atom stereocenters. The van der Waals surface area contributed by atoms with Gasteiger partial charge < -0.3 is 10.6 Å². The Kier molecular flexibility index (Phi) is 3.02. The fourth-order valence-electron chi connectivity index (χ4n) is 2.13. The third-order valence-electron chi connectivity index (χ3n) is 3.21. The van der Waals surface area contributed by atoms with E-state index in [4.69, 9.17) is 5.73 Å². The zero-order valence-electron chi connectivity index (χ0n) is 10.7. The molecule has 3 rings (SSSR count). The van der Waals surface area contributed by atoms with E-state index in [1.807, 2.05) is 16.3 Å². The molecule has 0 radical (unpaired) electrons. The number of nitrogens with two attached hydrogens (primary N) is 1. The SMILES string of the molecule is Cn1cc(N)c(C(=O)N(Cc2cccs2)C2CC2)n1. The number of carbonyl (C=O) groups excluding carboxylic acids is 1. The summed E-state index contributed by atoms with van der Waals surface area (Å²) >= 11 is 1.67. The molecule has 0 bridgehead atoms. The summed E-state index contributed by atoms with van der Waals surface area (Å²) in [5, 5.41) is 6.20. The number of aromatic nitrogens is 2. The van der Waals surface area contributed by atoms with Crippen molar-refractivity contribution in [1.29, 1.82) is 0 Å². The molecule has 2 aromatic heterocycles. The highest BCUT2D eigenvalue weighted by atomic mass is 32.1. The Balaban J connectivity index is 1.84. The molecule has 1 aliphatic carbocycles. The molecule has 100 valence electrons. The standard InChI is InChI=1S/C13H16N4OS/c1-16-8-11(14)12(15-16)13(18)17(9-4-5-9)7-10-3-2-6-19-10/h2-3,6,8-9H,4-5,7,14H2,1H3. The Morgan fingerprint density at radius 1 is 1.63 bits per heavy atom. The summed E-state index contributed by atoms with van der Waals surface area (Å²) in [6.45, 7) is 0.650. The summed E-state index contributed by atoms with van der Waals surface area (Å²) in [6, 6.07) is 4.40. The average molecular weight is 276 g/mol. The smallest absolute Gasteiger partial charge is 0.277 e. The minimum absolute atomic E-state index is 0.0611. The normalized spacial score (nSPS) is 14.6. The lowest BCUT2D eigenvalue weighted by atomic mass is 10.3. The van der Waals surface area contributed by atoms with Gasteiger partial charge in [0.15, 0.2) is 5.69 Å². The molecule has 0 saturated heterocycles. The largest absolute Gasteiger partial charge is 0.396 e. The molecule has 2 heterocycles. The predicted octanol–water partition coefficient (Wildman–Crippen LogP) is 1.87. The number of aryl methyl sites for hydroxylation is 1. The van der Waals surface area contributed by atoms with E-state index in [9.17, 15) is 4.79 Å². The van der Waals surface area contributed by atoms with Crippen molar-refractivity contribution in [2.75, 3.05) is 5.73 Å². The van der Waals surface area contributed by atoms with Crippen molar-refractivity contribution in [3.8, 4) is 0 Å². The lowest BCUT2D eigenvalue weighted by Crippen LogP contribution is -2.33. The van der Waals surface area contributed by atoms with Gasteiger partial charge in [-0.15, -0.1) is 11.3 Å². The van der Waals surface area contributed by atoms with E-state index < -0.39 is 0 Å². The van der Waals surface area contributed by atoms with Crippen LogP contribution >= 0.6 is 11.3 Å². The van der Waals surface area contributed by atoms with Gasteiger partial charge in [-0.2, -0.15) is 5.10 Å². The molecule has 5 nitrogen and oxygen atoms in total. The quantitative estimate of drug-likeness (QED) is 0.927. The fraction of sp³-hybridized carbons (Fsp3) is 0.385. The summed E-state index contributed by atoms with van der Waals surface area (Å²) < 4.78 is 1.58. The van der Waals surface area contributed by atoms with Gasteiger partial charge in [-0.25, -0.2) is 0 Å². The first kappa shape index (κ1) is 12.2. The maximum atomic E-state index is 12.6. The van der Waals surface area contributed by atoms with Crippen LogP contribution in [0.3, 0.4) is 0 Å². The Bertz CT molecular complexity index is 586. The monoisotopic (exact) mass is 276 g/mol. The molecule has 19 heavy (non-hydrogen) atoms. The Morgan fingerprint density at radius 2 is 2.42 bits per heavy atom. The number of hydrogen-bond acceptors (Lipinski definition) is 4. The van der Waals surface area contributed by atoms with Crippen LogP contribution < -0.4 is 5.73 Å². The molecule has 0 spiro atoms. The van der Waals surface area contributed by atoms with Crippen molar-refractivity contribution in [3.05, 3.63) is 34.3 Å². The zero-order chi connectivity index (χ0) is 13.4. The van der Waals surface area contributed by atoms with Gasteiger partial charge in [-0.1, -0.05) is 6.07 Å². The van der Waals surface area contributed by atoms with Crippen LogP contribution in [0.5, 0.6) is 0 Å². The first-order valence-electron chi connectivity index (χ1n) is 6.27. The number of rotatable bonds is 4. The van der Waals surface area contributed by atoms with Gasteiger partial charge in [-0.3, -0.25) is 9.48 Å². The Morgan fingerprint density at radius 3 is 2.95 bits per heavy atom. The van der Waals surface area contributed by atoms with E-state index in [2.05, 4.69) is 11.2 Å². The number of anilines is 1. The van der Waals surface area contributed by atoms with Gasteiger partial charge in [0.2, 0.25) is 0 Å². The number of carbonyl (C=O) groups is 1. The van der Waals surface area contributed by atoms with E-state index >= 15 is 0 Å². The van der Waals surface area contributed by atoms with E-state index in [1.54, 1.807) is 29.3 Å². The molecule has 6 heteroatoms. The Labute approximate surface area is 115 Å². The lowest BCUT2D eigenvalue weighted by molar-refractivity contribution is 0.0726. The first-order chi connectivity index (χ1) is 9.15. The summed E-state index contributed by atoms with van der Waals surface area (Å²) in [7, 11) is 1.77. The number of nitrogens with zero attached hydrogens (tertiary/aromatic N) is 3. The number of hydrogen-bond donors (Lipinski definition) is 1. The van der Waals surface area contributed by atoms with Gasteiger partial charge >= 0.3 is 0 Å². The molecular weight excluding hydrogens is 260 g/mol. The minimum atomic E-state index is -0.0611. The van der Waals surface area contributed by atoms with Gasteiger partial charge in [0.1, 0.15) is 0 Å². The van der Waals surface area contributed by atoms with E-state index in [0.717, 1.165) is 12.8 Å². The van der Waals surface area contributed by atoms with Crippen LogP contribution in [0.1, 0.15) is 28.2 Å². The summed E-state index contributed by atoms with van der Waals surface area (Å²) in [4.78, 5) is 15.6. The molecule has 2 aromatic rings. The highest BCUT2D eigenvalue weighted by molar-refractivity contribution is 7.09. The molecule has 1 aliphatic rings. The summed E-state index contributed by atoms with van der Waals surface area (Å²) in [5.74, 6) is -0.0611. The maximum Gasteiger partial charge on any atom is 0.277 e. The second-order valence-electron chi connectivity index (χ2n) is 4.85. The third kappa shape index (κ3) is 2.49. The van der Waals surface area contributed by atoms with Crippen molar-refractivity contribution >= 4 is 22.9 Å². The number of thiophene rings is 1. The summed E-state index contributed by atoms with van der Waals surface area (Å²) in [5.41, 5.74) is 6.66. The van der Waals surface area contributed by atoms with Crippen LogP contribution in [0.15, 0.2) is 23.7 Å². The minimum Gasteiger partial charge on any atom is -0.396 e. The van der Waals surface area contributed by atoms with E-state index in [-0.39, 0.29) is 5.91 Å².